The minimum atomic E-state index is -1.05. The number of carboxylic acids is 1. The molecule has 0 fully saturated rings. The van der Waals surface area contributed by atoms with Gasteiger partial charge >= 0.3 is 5.97 Å². The molecule has 0 aromatic heterocycles. The van der Waals surface area contributed by atoms with Gasteiger partial charge in [0.05, 0.1) is 12.0 Å². The van der Waals surface area contributed by atoms with Gasteiger partial charge in [-0.1, -0.05) is 51.9 Å². The van der Waals surface area contributed by atoms with Gasteiger partial charge in [-0.15, -0.1) is 0 Å². The van der Waals surface area contributed by atoms with E-state index in [1.54, 1.807) is 0 Å². The number of carboxylic acid groups (broad SMARTS) is 1. The lowest BCUT2D eigenvalue weighted by Gasteiger charge is -2.09. The van der Waals surface area contributed by atoms with Crippen molar-refractivity contribution in [3.63, 3.8) is 0 Å². The summed E-state index contributed by atoms with van der Waals surface area (Å²) in [6, 6.07) is 4.22. The standard InChI is InChI=1S/C21H32N2O5/c1-2-3-4-5-6-7-8-9-14-22-21(28)17-11-10-16(15-18(17)24)23-19(25)12-13-20(26)27/h10-11,15,24H,2-9,12-14H2,1H3,(H,22,28)(H,23,25)(H,26,27). The molecule has 0 unspecified atom stereocenters. The van der Waals surface area contributed by atoms with Crippen molar-refractivity contribution in [2.75, 3.05) is 11.9 Å². The summed E-state index contributed by atoms with van der Waals surface area (Å²) in [5.74, 6) is -2.11. The highest BCUT2D eigenvalue weighted by molar-refractivity contribution is 5.98. The first-order valence-corrected chi connectivity index (χ1v) is 10.1. The molecule has 0 saturated heterocycles. The summed E-state index contributed by atoms with van der Waals surface area (Å²) in [5, 5.41) is 23.9. The number of carbonyl (C=O) groups is 3. The van der Waals surface area contributed by atoms with E-state index in [0.717, 1.165) is 12.8 Å². The number of nitrogens with one attached hydrogen (secondary N) is 2. The van der Waals surface area contributed by atoms with E-state index in [9.17, 15) is 19.5 Å². The molecule has 7 nitrogen and oxygen atoms in total. The van der Waals surface area contributed by atoms with Crippen LogP contribution in [0.25, 0.3) is 0 Å². The number of phenols is 1. The average Bonchev–Trinajstić information content (AvgIpc) is 2.65. The van der Waals surface area contributed by atoms with Gasteiger partial charge in [0.25, 0.3) is 5.91 Å². The van der Waals surface area contributed by atoms with Crippen molar-refractivity contribution in [1.82, 2.24) is 5.32 Å². The van der Waals surface area contributed by atoms with Crippen LogP contribution in [0, 0.1) is 0 Å². The van der Waals surface area contributed by atoms with E-state index < -0.39 is 11.9 Å². The third-order valence-corrected chi connectivity index (χ3v) is 4.41. The van der Waals surface area contributed by atoms with Gasteiger partial charge in [0.1, 0.15) is 5.75 Å². The van der Waals surface area contributed by atoms with Crippen LogP contribution in [0.2, 0.25) is 0 Å². The van der Waals surface area contributed by atoms with Crippen molar-refractivity contribution in [2.45, 2.75) is 71.1 Å². The van der Waals surface area contributed by atoms with Gasteiger partial charge in [-0.3, -0.25) is 14.4 Å². The largest absolute Gasteiger partial charge is 0.507 e. The summed E-state index contributed by atoms with van der Waals surface area (Å²) in [6.45, 7) is 2.76. The van der Waals surface area contributed by atoms with Crippen LogP contribution >= 0.6 is 0 Å². The lowest BCUT2D eigenvalue weighted by Crippen LogP contribution is -2.24. The smallest absolute Gasteiger partial charge is 0.303 e. The van der Waals surface area contributed by atoms with Crippen LogP contribution in [-0.2, 0) is 9.59 Å². The summed E-state index contributed by atoms with van der Waals surface area (Å²) in [7, 11) is 0. The Bertz CT molecular complexity index is 646. The van der Waals surface area contributed by atoms with E-state index in [-0.39, 0.29) is 30.1 Å². The predicted octanol–water partition coefficient (Wildman–Crippen LogP) is 4.07. The highest BCUT2D eigenvalue weighted by Gasteiger charge is 2.12. The molecule has 0 aliphatic rings. The number of hydrogen-bond acceptors (Lipinski definition) is 4. The van der Waals surface area contributed by atoms with Gasteiger partial charge in [-0.2, -0.15) is 0 Å². The quantitative estimate of drug-likeness (QED) is 0.356. The van der Waals surface area contributed by atoms with Crippen LogP contribution < -0.4 is 10.6 Å². The van der Waals surface area contributed by atoms with E-state index in [4.69, 9.17) is 5.11 Å². The number of aromatic hydroxyl groups is 1. The Morgan fingerprint density at radius 1 is 0.929 bits per heavy atom. The molecule has 0 spiro atoms. The van der Waals surface area contributed by atoms with Crippen molar-refractivity contribution in [3.05, 3.63) is 23.8 Å². The minimum absolute atomic E-state index is 0.142. The lowest BCUT2D eigenvalue weighted by molar-refractivity contribution is -0.138. The predicted molar refractivity (Wildman–Crippen MR) is 109 cm³/mol. The summed E-state index contributed by atoms with van der Waals surface area (Å²) in [5.41, 5.74) is 0.454. The molecule has 0 saturated carbocycles. The Kier molecular flexibility index (Phi) is 11.4. The third-order valence-electron chi connectivity index (χ3n) is 4.41. The van der Waals surface area contributed by atoms with Crippen LogP contribution in [0.3, 0.4) is 0 Å². The number of hydrogen-bond donors (Lipinski definition) is 4. The van der Waals surface area contributed by atoms with E-state index in [2.05, 4.69) is 17.6 Å². The molecule has 4 N–H and O–H groups in total. The highest BCUT2D eigenvalue weighted by Crippen LogP contribution is 2.22. The van der Waals surface area contributed by atoms with Crippen LogP contribution in [-0.4, -0.2) is 34.5 Å². The van der Waals surface area contributed by atoms with Gasteiger partial charge in [0.15, 0.2) is 0 Å². The molecule has 0 radical (unpaired) electrons. The van der Waals surface area contributed by atoms with E-state index in [1.165, 1.54) is 56.7 Å². The number of unbranched alkanes of at least 4 members (excludes halogenated alkanes) is 7. The summed E-state index contributed by atoms with van der Waals surface area (Å²) >= 11 is 0. The fourth-order valence-corrected chi connectivity index (χ4v) is 2.80. The van der Waals surface area contributed by atoms with E-state index in [1.807, 2.05) is 0 Å². The maximum atomic E-state index is 12.2. The highest BCUT2D eigenvalue weighted by atomic mass is 16.4. The molecule has 2 amide bonds. The van der Waals surface area contributed by atoms with Crippen molar-refractivity contribution in [3.8, 4) is 5.75 Å². The van der Waals surface area contributed by atoms with Crippen LogP contribution in [0.5, 0.6) is 5.75 Å². The van der Waals surface area contributed by atoms with E-state index in [0.29, 0.717) is 12.2 Å². The molecule has 0 bridgehead atoms. The molecule has 1 rings (SSSR count). The Morgan fingerprint density at radius 3 is 2.18 bits per heavy atom. The topological polar surface area (TPSA) is 116 Å². The van der Waals surface area contributed by atoms with Crippen LogP contribution in [0.4, 0.5) is 5.69 Å². The van der Waals surface area contributed by atoms with Crippen LogP contribution in [0.1, 0.15) is 81.5 Å². The minimum Gasteiger partial charge on any atom is -0.507 e. The molecular formula is C21H32N2O5. The summed E-state index contributed by atoms with van der Waals surface area (Å²) < 4.78 is 0. The first-order valence-electron chi connectivity index (χ1n) is 10.1. The Balaban J connectivity index is 2.31. The molecule has 1 aromatic rings. The first-order chi connectivity index (χ1) is 13.4. The van der Waals surface area contributed by atoms with Gasteiger partial charge in [0.2, 0.25) is 5.91 Å². The third kappa shape index (κ3) is 9.94. The van der Waals surface area contributed by atoms with Gasteiger partial charge < -0.3 is 20.8 Å². The maximum absolute atomic E-state index is 12.2. The fourth-order valence-electron chi connectivity index (χ4n) is 2.80. The van der Waals surface area contributed by atoms with Gasteiger partial charge in [-0.05, 0) is 18.6 Å². The average molecular weight is 392 g/mol. The molecule has 0 aliphatic carbocycles. The number of phenolic OH excluding ortho intramolecular Hbond substituents is 1. The molecule has 0 atom stereocenters. The zero-order valence-corrected chi connectivity index (χ0v) is 16.6. The second-order valence-electron chi connectivity index (χ2n) is 6.90. The maximum Gasteiger partial charge on any atom is 0.303 e. The van der Waals surface area contributed by atoms with Crippen molar-refractivity contribution < 1.29 is 24.6 Å². The zero-order valence-electron chi connectivity index (χ0n) is 16.6. The monoisotopic (exact) mass is 392 g/mol. The van der Waals surface area contributed by atoms with Crippen molar-refractivity contribution in [2.24, 2.45) is 0 Å². The summed E-state index contributed by atoms with van der Waals surface area (Å²) in [4.78, 5) is 34.2. The molecule has 0 aliphatic heterocycles. The van der Waals surface area contributed by atoms with Crippen molar-refractivity contribution >= 4 is 23.5 Å². The fraction of sp³-hybridized carbons (Fsp3) is 0.571. The summed E-state index contributed by atoms with van der Waals surface area (Å²) in [6.07, 6.45) is 9.05. The normalized spacial score (nSPS) is 10.5. The first kappa shape index (κ1) is 23.5. The number of amides is 2. The number of anilines is 1. The van der Waals surface area contributed by atoms with Gasteiger partial charge in [0, 0.05) is 24.7 Å². The SMILES string of the molecule is CCCCCCCCCCNC(=O)c1ccc(NC(=O)CCC(=O)O)cc1O. The number of rotatable bonds is 14. The Morgan fingerprint density at radius 2 is 1.57 bits per heavy atom. The van der Waals surface area contributed by atoms with Crippen LogP contribution in [0.15, 0.2) is 18.2 Å². The molecule has 7 heteroatoms. The second-order valence-corrected chi connectivity index (χ2v) is 6.90. The molecule has 28 heavy (non-hydrogen) atoms. The van der Waals surface area contributed by atoms with Gasteiger partial charge in [-0.25, -0.2) is 0 Å². The second kappa shape index (κ2) is 13.6. The number of benzene rings is 1. The molecular weight excluding hydrogens is 360 g/mol. The van der Waals surface area contributed by atoms with E-state index >= 15 is 0 Å². The lowest BCUT2D eigenvalue weighted by atomic mass is 10.1. The molecule has 156 valence electrons. The Hall–Kier alpha value is -2.57. The van der Waals surface area contributed by atoms with Crippen molar-refractivity contribution in [1.29, 1.82) is 0 Å². The Labute approximate surface area is 166 Å². The number of carbonyl (C=O) groups excluding carboxylic acids is 2. The zero-order chi connectivity index (χ0) is 20.8. The molecule has 1 aromatic carbocycles. The number of aliphatic carboxylic acids is 1. The molecule has 0 heterocycles.